The molecule has 14 heteroatoms. The molecule has 1 fully saturated rings. The minimum Gasteiger partial charge on any atom is -0.493 e. The van der Waals surface area contributed by atoms with Gasteiger partial charge in [-0.3, -0.25) is 19.3 Å². The van der Waals surface area contributed by atoms with Crippen LogP contribution in [0.3, 0.4) is 0 Å². The van der Waals surface area contributed by atoms with Crippen molar-refractivity contribution in [2.24, 2.45) is 5.73 Å². The Morgan fingerprint density at radius 2 is 1.95 bits per heavy atom. The second-order valence-electron chi connectivity index (χ2n) is 9.56. The number of carbonyl (C=O) groups excluding carboxylic acids is 1. The fourth-order valence-electron chi connectivity index (χ4n) is 4.53. The summed E-state index contributed by atoms with van der Waals surface area (Å²) >= 11 is 0. The molecule has 0 aliphatic carbocycles. The van der Waals surface area contributed by atoms with E-state index >= 15 is 0 Å². The van der Waals surface area contributed by atoms with E-state index in [0.29, 0.717) is 45.0 Å². The van der Waals surface area contributed by atoms with E-state index in [-0.39, 0.29) is 39.6 Å². The van der Waals surface area contributed by atoms with Gasteiger partial charge in [0.2, 0.25) is 10.0 Å². The number of likely N-dealkylation sites (N-methyl/N-ethyl adjacent to an activating group) is 1. The zero-order chi connectivity index (χ0) is 28.4. The van der Waals surface area contributed by atoms with E-state index in [1.54, 1.807) is 24.5 Å². The van der Waals surface area contributed by atoms with Gasteiger partial charge in [-0.15, -0.1) is 0 Å². The molecule has 4 aromatic rings. The van der Waals surface area contributed by atoms with Gasteiger partial charge in [-0.1, -0.05) is 13.0 Å². The highest BCUT2D eigenvalue weighted by Gasteiger charge is 2.29. The number of nitrogens with two attached hydrogens (primary N) is 1. The van der Waals surface area contributed by atoms with Crippen molar-refractivity contribution in [3.63, 3.8) is 0 Å². The minimum atomic E-state index is -3.82. The van der Waals surface area contributed by atoms with Crippen LogP contribution in [-0.4, -0.2) is 88.1 Å². The lowest BCUT2D eigenvalue weighted by atomic mass is 10.1. The molecule has 3 aromatic heterocycles. The number of ether oxygens (including phenoxy) is 1. The van der Waals surface area contributed by atoms with Crippen molar-refractivity contribution in [1.29, 1.82) is 0 Å². The molecule has 1 saturated heterocycles. The lowest BCUT2D eigenvalue weighted by Crippen LogP contribution is -2.47. The van der Waals surface area contributed by atoms with Crippen molar-refractivity contribution in [1.82, 2.24) is 33.9 Å². The van der Waals surface area contributed by atoms with Crippen LogP contribution in [0.2, 0.25) is 0 Å². The average molecular weight is 567 g/mol. The second-order valence-corrected chi connectivity index (χ2v) is 11.5. The van der Waals surface area contributed by atoms with E-state index in [1.807, 2.05) is 20.0 Å². The molecular formula is C26H30N8O5S. The molecule has 0 unspecified atom stereocenters. The molecule has 40 heavy (non-hydrogen) atoms. The lowest BCUT2D eigenvalue weighted by Gasteiger charge is -2.31. The van der Waals surface area contributed by atoms with Crippen molar-refractivity contribution >= 4 is 27.0 Å². The van der Waals surface area contributed by atoms with Gasteiger partial charge in [0.1, 0.15) is 17.1 Å². The van der Waals surface area contributed by atoms with E-state index in [1.165, 1.54) is 21.1 Å². The van der Waals surface area contributed by atoms with Gasteiger partial charge >= 0.3 is 0 Å². The van der Waals surface area contributed by atoms with Crippen molar-refractivity contribution in [2.75, 3.05) is 39.8 Å². The van der Waals surface area contributed by atoms with Crippen LogP contribution in [0.4, 0.5) is 0 Å². The first-order valence-electron chi connectivity index (χ1n) is 12.8. The Morgan fingerprint density at radius 1 is 1.18 bits per heavy atom. The van der Waals surface area contributed by atoms with Crippen LogP contribution in [0, 0.1) is 0 Å². The summed E-state index contributed by atoms with van der Waals surface area (Å²) in [6.45, 7) is 4.42. The van der Waals surface area contributed by atoms with E-state index in [2.05, 4.69) is 25.0 Å². The number of pyridine rings is 1. The number of rotatable bonds is 9. The Hall–Kier alpha value is -4.14. The second kappa shape index (κ2) is 11.2. The van der Waals surface area contributed by atoms with Gasteiger partial charge in [0.25, 0.3) is 11.5 Å². The normalized spacial score (nSPS) is 14.9. The Bertz CT molecular complexity index is 1710. The number of amides is 1. The smallest absolute Gasteiger partial charge is 0.277 e. The summed E-state index contributed by atoms with van der Waals surface area (Å²) in [4.78, 5) is 39.2. The molecule has 0 spiro atoms. The molecule has 1 aromatic carbocycles. The maximum Gasteiger partial charge on any atom is 0.277 e. The molecule has 0 saturated carbocycles. The monoisotopic (exact) mass is 566 g/mol. The van der Waals surface area contributed by atoms with Crippen LogP contribution < -0.4 is 16.0 Å². The van der Waals surface area contributed by atoms with Crippen LogP contribution in [0.15, 0.2) is 52.4 Å². The molecule has 1 aliphatic heterocycles. The number of piperazine rings is 1. The molecule has 1 amide bonds. The Labute approximate surface area is 230 Å². The molecular weight excluding hydrogens is 536 g/mol. The summed E-state index contributed by atoms with van der Waals surface area (Å²) in [5.74, 6) is -0.486. The molecule has 4 heterocycles. The van der Waals surface area contributed by atoms with Crippen LogP contribution in [-0.2, 0) is 16.6 Å². The largest absolute Gasteiger partial charge is 0.493 e. The van der Waals surface area contributed by atoms with Crippen LogP contribution in [0.1, 0.15) is 29.4 Å². The van der Waals surface area contributed by atoms with Gasteiger partial charge in [0, 0.05) is 38.6 Å². The summed E-state index contributed by atoms with van der Waals surface area (Å²) in [6.07, 6.45) is 3.95. The summed E-state index contributed by atoms with van der Waals surface area (Å²) in [5, 5.41) is 4.27. The summed E-state index contributed by atoms with van der Waals surface area (Å²) in [5.41, 5.74) is 5.93. The quantitative estimate of drug-likeness (QED) is 0.301. The van der Waals surface area contributed by atoms with Crippen LogP contribution in [0.25, 0.3) is 22.4 Å². The zero-order valence-electron chi connectivity index (χ0n) is 22.2. The predicted molar refractivity (Wildman–Crippen MR) is 147 cm³/mol. The SMILES string of the molecule is CCCOc1ccc(S(=O)(=O)N2CCN(C)CC2)cc1-c1nc2c(C(N)=O)nn(Cc3cccnc3)c2c(=O)[nH]1. The summed E-state index contributed by atoms with van der Waals surface area (Å²) < 4.78 is 35.7. The highest BCUT2D eigenvalue weighted by atomic mass is 32.2. The van der Waals surface area contributed by atoms with Gasteiger partial charge in [0.05, 0.1) is 23.6 Å². The fraction of sp³-hybridized carbons (Fsp3) is 0.346. The Kier molecular flexibility index (Phi) is 7.65. The molecule has 5 rings (SSSR count). The number of hydrogen-bond acceptors (Lipinski definition) is 9. The average Bonchev–Trinajstić information content (AvgIpc) is 3.31. The third-order valence-corrected chi connectivity index (χ3v) is 8.55. The Morgan fingerprint density at radius 3 is 2.62 bits per heavy atom. The summed E-state index contributed by atoms with van der Waals surface area (Å²) in [6, 6.07) is 8.03. The van der Waals surface area contributed by atoms with Gasteiger partial charge < -0.3 is 20.4 Å². The standard InChI is InChI=1S/C26H30N8O5S/c1-3-13-39-20-7-6-18(40(37,38)33-11-9-32(2)10-12-33)14-19(20)25-29-21-22(24(27)35)31-34(23(21)26(36)30-25)16-17-5-4-8-28-15-17/h4-8,14-15H,3,9-13,16H2,1-2H3,(H2,27,35)(H,29,30,36). The van der Waals surface area contributed by atoms with Gasteiger partial charge in [0.15, 0.2) is 11.2 Å². The fourth-order valence-corrected chi connectivity index (χ4v) is 5.98. The highest BCUT2D eigenvalue weighted by Crippen LogP contribution is 2.32. The number of aromatic amines is 1. The van der Waals surface area contributed by atoms with E-state index in [9.17, 15) is 18.0 Å². The van der Waals surface area contributed by atoms with E-state index in [4.69, 9.17) is 10.5 Å². The number of hydrogen-bond donors (Lipinski definition) is 2. The molecule has 210 valence electrons. The predicted octanol–water partition coefficient (Wildman–Crippen LogP) is 1.05. The first-order chi connectivity index (χ1) is 19.2. The van der Waals surface area contributed by atoms with Crippen LogP contribution in [0.5, 0.6) is 5.75 Å². The number of sulfonamides is 1. The van der Waals surface area contributed by atoms with Crippen molar-refractivity contribution in [3.05, 3.63) is 64.3 Å². The molecule has 13 nitrogen and oxygen atoms in total. The molecule has 0 bridgehead atoms. The third-order valence-electron chi connectivity index (χ3n) is 6.65. The van der Waals surface area contributed by atoms with Crippen molar-refractivity contribution in [3.8, 4) is 17.1 Å². The molecule has 0 radical (unpaired) electrons. The Balaban J connectivity index is 1.64. The topological polar surface area (TPSA) is 169 Å². The third kappa shape index (κ3) is 5.33. The maximum absolute atomic E-state index is 13.5. The van der Waals surface area contributed by atoms with E-state index < -0.39 is 21.5 Å². The zero-order valence-corrected chi connectivity index (χ0v) is 23.0. The number of nitrogens with one attached hydrogen (secondary N) is 1. The lowest BCUT2D eigenvalue weighted by molar-refractivity contribution is 0.0996. The number of nitrogens with zero attached hydrogens (tertiary/aromatic N) is 6. The molecule has 1 aliphatic rings. The van der Waals surface area contributed by atoms with Crippen molar-refractivity contribution < 1.29 is 17.9 Å². The first kappa shape index (κ1) is 27.4. The highest BCUT2D eigenvalue weighted by molar-refractivity contribution is 7.89. The van der Waals surface area contributed by atoms with Gasteiger partial charge in [-0.25, -0.2) is 13.4 Å². The number of fused-ring (bicyclic) bond motifs is 1. The summed E-state index contributed by atoms with van der Waals surface area (Å²) in [7, 11) is -1.88. The number of primary amides is 1. The van der Waals surface area contributed by atoms with Crippen molar-refractivity contribution in [2.45, 2.75) is 24.8 Å². The first-order valence-corrected chi connectivity index (χ1v) is 14.3. The number of carbonyl (C=O) groups is 1. The molecule has 0 atom stereocenters. The number of benzene rings is 1. The number of aromatic nitrogens is 5. The number of H-pyrrole nitrogens is 1. The van der Waals surface area contributed by atoms with Gasteiger partial charge in [-0.2, -0.15) is 9.40 Å². The maximum atomic E-state index is 13.5. The minimum absolute atomic E-state index is 0.00362. The van der Waals surface area contributed by atoms with Crippen LogP contribution >= 0.6 is 0 Å². The molecule has 3 N–H and O–H groups in total. The van der Waals surface area contributed by atoms with E-state index in [0.717, 1.165) is 5.56 Å². The van der Waals surface area contributed by atoms with Gasteiger partial charge in [-0.05, 0) is 43.3 Å².